The first kappa shape index (κ1) is 21.4. The van der Waals surface area contributed by atoms with Crippen molar-refractivity contribution in [3.8, 4) is 6.07 Å². The molecule has 8 nitrogen and oxygen atoms in total. The first-order valence-corrected chi connectivity index (χ1v) is 11.2. The number of hydrogen-bond donors (Lipinski definition) is 1. The van der Waals surface area contributed by atoms with Gasteiger partial charge < -0.3 is 15.0 Å². The molecular formula is C19H22ClN3O5S. The first-order valence-electron chi connectivity index (χ1n) is 9.28. The van der Waals surface area contributed by atoms with E-state index in [1.807, 2.05) is 6.07 Å². The Bertz CT molecular complexity index is 968. The molecule has 2 aliphatic rings. The summed E-state index contributed by atoms with van der Waals surface area (Å²) in [6, 6.07) is 8.12. The lowest BCUT2D eigenvalue weighted by Crippen LogP contribution is -2.44. The number of sulfone groups is 1. The van der Waals surface area contributed by atoms with Gasteiger partial charge in [-0.15, -0.1) is 0 Å². The molecule has 1 heterocycles. The minimum Gasteiger partial charge on any atom is -0.425 e. The zero-order chi connectivity index (χ0) is 21.4. The van der Waals surface area contributed by atoms with Gasteiger partial charge in [-0.05, 0) is 25.0 Å². The average molecular weight is 440 g/mol. The quantitative estimate of drug-likeness (QED) is 0.753. The normalized spacial score (nSPS) is 22.8. The number of alkyl carbamates (subject to hydrolysis) is 1. The fraction of sp³-hybridized carbons (Fsp3) is 0.526. The summed E-state index contributed by atoms with van der Waals surface area (Å²) in [6.07, 6.45) is -0.894. The Labute approximate surface area is 174 Å². The van der Waals surface area contributed by atoms with Crippen LogP contribution in [0.3, 0.4) is 0 Å². The zero-order valence-corrected chi connectivity index (χ0v) is 17.7. The number of nitrogens with zero attached hydrogens (tertiary/aromatic N) is 2. The number of carbonyl (C=O) groups excluding carboxylic acids is 2. The van der Waals surface area contributed by atoms with Crippen molar-refractivity contribution in [2.75, 3.05) is 6.54 Å². The summed E-state index contributed by atoms with van der Waals surface area (Å²) < 4.78 is 31.5. The van der Waals surface area contributed by atoms with Crippen LogP contribution in [0.25, 0.3) is 0 Å². The second kappa shape index (κ2) is 7.84. The van der Waals surface area contributed by atoms with Gasteiger partial charge in [-0.3, -0.25) is 4.79 Å². The minimum atomic E-state index is -3.85. The highest BCUT2D eigenvalue weighted by atomic mass is 35.5. The van der Waals surface area contributed by atoms with Crippen LogP contribution in [0, 0.1) is 17.2 Å². The number of nitrogens with one attached hydrogen (secondary N) is 1. The van der Waals surface area contributed by atoms with Crippen LogP contribution in [-0.4, -0.2) is 48.9 Å². The molecule has 1 aliphatic carbocycles. The monoisotopic (exact) mass is 439 g/mol. The van der Waals surface area contributed by atoms with Gasteiger partial charge in [-0.25, -0.2) is 13.2 Å². The fourth-order valence-corrected chi connectivity index (χ4v) is 5.46. The van der Waals surface area contributed by atoms with Crippen molar-refractivity contribution in [3.05, 3.63) is 29.3 Å². The van der Waals surface area contributed by atoms with Gasteiger partial charge in [0.25, 0.3) is 0 Å². The van der Waals surface area contributed by atoms with E-state index < -0.39 is 38.9 Å². The molecule has 0 unspecified atom stereocenters. The smallest absolute Gasteiger partial charge is 0.410 e. The van der Waals surface area contributed by atoms with Gasteiger partial charge in [0.05, 0.1) is 21.2 Å². The van der Waals surface area contributed by atoms with Crippen LogP contribution in [0.15, 0.2) is 29.2 Å². The lowest BCUT2D eigenvalue weighted by atomic mass is 10.2. The summed E-state index contributed by atoms with van der Waals surface area (Å²) in [4.78, 5) is 26.1. The lowest BCUT2D eigenvalue weighted by molar-refractivity contribution is -0.141. The maximum Gasteiger partial charge on any atom is 0.410 e. The van der Waals surface area contributed by atoms with E-state index in [-0.39, 0.29) is 28.8 Å². The third-order valence-electron chi connectivity index (χ3n) is 5.12. The molecule has 1 saturated heterocycles. The van der Waals surface area contributed by atoms with Crippen LogP contribution in [0.1, 0.15) is 33.1 Å². The van der Waals surface area contributed by atoms with Crippen LogP contribution >= 0.6 is 11.6 Å². The molecule has 1 aromatic carbocycles. The number of likely N-dealkylation sites (tertiary alicyclic amines) is 1. The Morgan fingerprint density at radius 1 is 1.34 bits per heavy atom. The van der Waals surface area contributed by atoms with Gasteiger partial charge in [0, 0.05) is 18.9 Å². The van der Waals surface area contributed by atoms with E-state index in [1.54, 1.807) is 26.0 Å². The van der Waals surface area contributed by atoms with Gasteiger partial charge >= 0.3 is 6.09 Å². The summed E-state index contributed by atoms with van der Waals surface area (Å²) >= 11 is 6.07. The van der Waals surface area contributed by atoms with Crippen molar-refractivity contribution in [1.82, 2.24) is 10.2 Å². The number of benzene rings is 1. The zero-order valence-electron chi connectivity index (χ0n) is 16.1. The fourth-order valence-electron chi connectivity index (χ4n) is 3.26. The predicted molar refractivity (Wildman–Crippen MR) is 105 cm³/mol. The Morgan fingerprint density at radius 3 is 2.55 bits per heavy atom. The number of amides is 2. The summed E-state index contributed by atoms with van der Waals surface area (Å²) in [5.41, 5.74) is -0.925. The summed E-state index contributed by atoms with van der Waals surface area (Å²) in [5.74, 6) is -0.721. The molecule has 0 spiro atoms. The highest BCUT2D eigenvalue weighted by Gasteiger charge is 2.48. The first-order chi connectivity index (χ1) is 13.6. The van der Waals surface area contributed by atoms with Crippen molar-refractivity contribution >= 4 is 33.4 Å². The molecule has 3 rings (SSSR count). The highest BCUT2D eigenvalue weighted by molar-refractivity contribution is 7.92. The molecule has 1 saturated carbocycles. The molecule has 1 N–H and O–H groups in total. The standard InChI is InChI=1S/C19H22ClN3O5S/c1-12(2)17(24)23-10-13(29(26,27)15-6-4-3-5-14(15)20)9-16(23)28-18(25)22-19(11-21)7-8-19/h3-6,12-13,16H,7-10H2,1-2H3,(H,22,25)/t13-,16+/m1/s1. The SMILES string of the molecule is CC(C)C(=O)N1C[C@H](S(=O)(=O)c2ccccc2Cl)C[C@@H]1OC(=O)NC1(C#N)CC1. The Morgan fingerprint density at radius 2 is 2.00 bits per heavy atom. The van der Waals surface area contributed by atoms with Crippen LogP contribution < -0.4 is 5.32 Å². The van der Waals surface area contributed by atoms with Crippen molar-refractivity contribution in [2.45, 2.75) is 55.0 Å². The number of rotatable bonds is 5. The van der Waals surface area contributed by atoms with Gasteiger partial charge in [-0.1, -0.05) is 37.6 Å². The van der Waals surface area contributed by atoms with Crippen molar-refractivity contribution in [2.24, 2.45) is 5.92 Å². The molecule has 2 amide bonds. The number of hydrogen-bond acceptors (Lipinski definition) is 6. The molecule has 1 aromatic rings. The van der Waals surface area contributed by atoms with E-state index >= 15 is 0 Å². The molecule has 156 valence electrons. The van der Waals surface area contributed by atoms with Crippen LogP contribution in [0.5, 0.6) is 0 Å². The van der Waals surface area contributed by atoms with E-state index in [0.717, 1.165) is 0 Å². The number of nitriles is 1. The number of halogens is 1. The predicted octanol–water partition coefficient (Wildman–Crippen LogP) is 2.48. The molecular weight excluding hydrogens is 418 g/mol. The maximum absolute atomic E-state index is 13.1. The summed E-state index contributed by atoms with van der Waals surface area (Å²) in [6.45, 7) is 3.26. The second-order valence-electron chi connectivity index (χ2n) is 7.66. The van der Waals surface area contributed by atoms with Gasteiger partial charge in [0.2, 0.25) is 5.91 Å². The lowest BCUT2D eigenvalue weighted by Gasteiger charge is -2.26. The Kier molecular flexibility index (Phi) is 5.79. The third-order valence-corrected chi connectivity index (χ3v) is 7.75. The maximum atomic E-state index is 13.1. The second-order valence-corrected chi connectivity index (χ2v) is 10.3. The molecule has 0 radical (unpaired) electrons. The molecule has 0 aromatic heterocycles. The van der Waals surface area contributed by atoms with E-state index in [2.05, 4.69) is 5.32 Å². The van der Waals surface area contributed by atoms with E-state index in [1.165, 1.54) is 17.0 Å². The third kappa shape index (κ3) is 4.33. The number of ether oxygens (including phenoxy) is 1. The van der Waals surface area contributed by atoms with Crippen molar-refractivity contribution in [1.29, 1.82) is 5.26 Å². The molecule has 2 atom stereocenters. The molecule has 10 heteroatoms. The average Bonchev–Trinajstić information content (AvgIpc) is 3.30. The summed E-state index contributed by atoms with van der Waals surface area (Å²) in [5, 5.41) is 10.7. The van der Waals surface area contributed by atoms with Gasteiger partial charge in [0.15, 0.2) is 16.1 Å². The van der Waals surface area contributed by atoms with E-state index in [4.69, 9.17) is 21.6 Å². The Hall–Kier alpha value is -2.31. The van der Waals surface area contributed by atoms with E-state index in [0.29, 0.717) is 12.8 Å². The van der Waals surface area contributed by atoms with Crippen molar-refractivity contribution in [3.63, 3.8) is 0 Å². The molecule has 0 bridgehead atoms. The van der Waals surface area contributed by atoms with Crippen LogP contribution in [0.4, 0.5) is 4.79 Å². The molecule has 2 fully saturated rings. The summed E-state index contributed by atoms with van der Waals surface area (Å²) in [7, 11) is -3.85. The molecule has 29 heavy (non-hydrogen) atoms. The van der Waals surface area contributed by atoms with Gasteiger partial charge in [-0.2, -0.15) is 5.26 Å². The largest absolute Gasteiger partial charge is 0.425 e. The highest BCUT2D eigenvalue weighted by Crippen LogP contribution is 2.35. The van der Waals surface area contributed by atoms with Crippen molar-refractivity contribution < 1.29 is 22.7 Å². The van der Waals surface area contributed by atoms with Crippen LogP contribution in [0.2, 0.25) is 5.02 Å². The van der Waals surface area contributed by atoms with E-state index in [9.17, 15) is 18.0 Å². The molecule has 1 aliphatic heterocycles. The topological polar surface area (TPSA) is 117 Å². The van der Waals surface area contributed by atoms with Gasteiger partial charge in [0.1, 0.15) is 5.54 Å². The minimum absolute atomic E-state index is 0.0184. The van der Waals surface area contributed by atoms with Crippen LogP contribution in [-0.2, 0) is 19.4 Å². The Balaban J connectivity index is 1.82. The number of carbonyl (C=O) groups is 2.